The number of carbonyl (C=O) groups excluding carboxylic acids is 2. The van der Waals surface area contributed by atoms with Gasteiger partial charge in [0.05, 0.1) is 13.2 Å². The van der Waals surface area contributed by atoms with E-state index in [0.29, 0.717) is 5.56 Å². The van der Waals surface area contributed by atoms with Gasteiger partial charge in [-0.3, -0.25) is 15.4 Å². The number of amides is 3. The van der Waals surface area contributed by atoms with Gasteiger partial charge < -0.3 is 9.47 Å². The van der Waals surface area contributed by atoms with Crippen LogP contribution in [0.1, 0.15) is 10.4 Å². The predicted molar refractivity (Wildman–Crippen MR) is 77.4 cm³/mol. The second-order valence-electron chi connectivity index (χ2n) is 4.09. The molecule has 0 aliphatic carbocycles. The smallest absolute Gasteiger partial charge is 0.325 e. The van der Waals surface area contributed by atoms with E-state index in [2.05, 4.69) is 10.6 Å². The molecule has 2 N–H and O–H groups in total. The molecule has 1 aromatic rings. The van der Waals surface area contributed by atoms with Crippen molar-refractivity contribution in [2.45, 2.75) is 9.70 Å². The summed E-state index contributed by atoms with van der Waals surface area (Å²) in [5.74, 6) is -2.54. The number of hydrogen-bond donors (Lipinski definition) is 2. The molecule has 1 saturated heterocycles. The zero-order valence-electron chi connectivity index (χ0n) is 10.6. The number of carbonyl (C=O) groups is 2. The van der Waals surface area contributed by atoms with Crippen LogP contribution in [0.15, 0.2) is 30.3 Å². The Labute approximate surface area is 135 Å². The SMILES string of the molecule is O=C(NC(=O)c1ccccc1)NC1(C(Cl)(Cl)Cl)OCCO1. The van der Waals surface area contributed by atoms with Crippen LogP contribution < -0.4 is 10.6 Å². The van der Waals surface area contributed by atoms with Gasteiger partial charge in [0.2, 0.25) is 0 Å². The first-order valence-corrected chi connectivity index (χ1v) is 7.01. The molecule has 9 heteroatoms. The Balaban J connectivity index is 2.02. The number of rotatable bonds is 2. The molecule has 6 nitrogen and oxygen atoms in total. The average molecular weight is 354 g/mol. The number of halogens is 3. The molecule has 1 aliphatic rings. The highest BCUT2D eigenvalue weighted by molar-refractivity contribution is 6.68. The number of imide groups is 1. The predicted octanol–water partition coefficient (Wildman–Crippen LogP) is 2.20. The first kappa shape index (κ1) is 16.3. The molecule has 0 bridgehead atoms. The van der Waals surface area contributed by atoms with E-state index in [1.165, 1.54) is 0 Å². The lowest BCUT2D eigenvalue weighted by atomic mass is 10.2. The van der Waals surface area contributed by atoms with Crippen molar-refractivity contribution in [2.24, 2.45) is 0 Å². The summed E-state index contributed by atoms with van der Waals surface area (Å²) in [7, 11) is 0. The van der Waals surface area contributed by atoms with Crippen LogP contribution in [-0.4, -0.2) is 34.9 Å². The molecule has 114 valence electrons. The standard InChI is InChI=1S/C12H11Cl3N2O4/c13-11(14,15)12(20-6-7-21-12)17-10(19)16-9(18)8-4-2-1-3-5-8/h1-5H,6-7H2,(H2,16,17,18,19). The first-order chi connectivity index (χ1) is 9.84. The number of urea groups is 1. The molecule has 1 fully saturated rings. The Hall–Kier alpha value is -1.05. The summed E-state index contributed by atoms with van der Waals surface area (Å²) in [6.45, 7) is 0.279. The first-order valence-electron chi connectivity index (χ1n) is 5.87. The Bertz CT molecular complexity index is 527. The van der Waals surface area contributed by atoms with Gasteiger partial charge >= 0.3 is 11.9 Å². The Morgan fingerprint density at radius 3 is 2.19 bits per heavy atom. The topological polar surface area (TPSA) is 76.7 Å². The highest BCUT2D eigenvalue weighted by Crippen LogP contribution is 2.41. The van der Waals surface area contributed by atoms with Crippen molar-refractivity contribution >= 4 is 46.7 Å². The van der Waals surface area contributed by atoms with E-state index < -0.39 is 21.6 Å². The molecule has 0 spiro atoms. The summed E-state index contributed by atoms with van der Waals surface area (Å²) >= 11 is 17.2. The maximum atomic E-state index is 11.9. The fourth-order valence-electron chi connectivity index (χ4n) is 1.66. The summed E-state index contributed by atoms with van der Waals surface area (Å²) < 4.78 is 8.26. The number of ether oxygens (including phenoxy) is 2. The van der Waals surface area contributed by atoms with Crippen molar-refractivity contribution in [3.63, 3.8) is 0 Å². The van der Waals surface area contributed by atoms with Crippen molar-refractivity contribution in [2.75, 3.05) is 13.2 Å². The Morgan fingerprint density at radius 1 is 1.10 bits per heavy atom. The lowest BCUT2D eigenvalue weighted by Gasteiger charge is -2.33. The van der Waals surface area contributed by atoms with Gasteiger partial charge in [0.15, 0.2) is 0 Å². The third-order valence-corrected chi connectivity index (χ3v) is 3.35. The van der Waals surface area contributed by atoms with E-state index in [1.807, 2.05) is 0 Å². The molecule has 0 aromatic heterocycles. The molecular formula is C12H11Cl3N2O4. The molecule has 1 aromatic carbocycles. The summed E-state index contributed by atoms with van der Waals surface area (Å²) in [5, 5.41) is 4.32. The van der Waals surface area contributed by atoms with E-state index in [1.54, 1.807) is 30.3 Å². The molecule has 1 aliphatic heterocycles. The molecule has 21 heavy (non-hydrogen) atoms. The van der Waals surface area contributed by atoms with E-state index in [-0.39, 0.29) is 13.2 Å². The largest absolute Gasteiger partial charge is 0.327 e. The molecule has 3 amide bonds. The Kier molecular flexibility index (Phi) is 4.95. The zero-order valence-corrected chi connectivity index (χ0v) is 12.8. The normalized spacial score (nSPS) is 17.3. The second kappa shape index (κ2) is 6.37. The van der Waals surface area contributed by atoms with Gasteiger partial charge in [-0.2, -0.15) is 0 Å². The number of benzene rings is 1. The molecule has 0 atom stereocenters. The highest BCUT2D eigenvalue weighted by atomic mass is 35.6. The molecule has 2 rings (SSSR count). The van der Waals surface area contributed by atoms with Crippen molar-refractivity contribution < 1.29 is 19.1 Å². The van der Waals surface area contributed by atoms with Crippen LogP contribution in [0.2, 0.25) is 0 Å². The van der Waals surface area contributed by atoms with Gasteiger partial charge in [-0.05, 0) is 12.1 Å². The van der Waals surface area contributed by atoms with E-state index in [0.717, 1.165) is 0 Å². The van der Waals surface area contributed by atoms with Crippen LogP contribution >= 0.6 is 34.8 Å². The third-order valence-electron chi connectivity index (χ3n) is 2.61. The quantitative estimate of drug-likeness (QED) is 0.799. The molecule has 0 saturated carbocycles. The lowest BCUT2D eigenvalue weighted by molar-refractivity contribution is -0.167. The van der Waals surface area contributed by atoms with Gasteiger partial charge in [0, 0.05) is 5.56 Å². The molecule has 0 unspecified atom stereocenters. The minimum atomic E-state index is -2.06. The van der Waals surface area contributed by atoms with Crippen LogP contribution in [0, 0.1) is 0 Å². The molecule has 0 radical (unpaired) electrons. The monoisotopic (exact) mass is 352 g/mol. The van der Waals surface area contributed by atoms with Crippen LogP contribution in [0.3, 0.4) is 0 Å². The zero-order chi connectivity index (χ0) is 15.5. The van der Waals surface area contributed by atoms with E-state index in [9.17, 15) is 9.59 Å². The van der Waals surface area contributed by atoms with Crippen molar-refractivity contribution in [1.82, 2.24) is 10.6 Å². The van der Waals surface area contributed by atoms with Crippen LogP contribution in [0.4, 0.5) is 4.79 Å². The van der Waals surface area contributed by atoms with Gasteiger partial charge in [-0.25, -0.2) is 4.79 Å². The molecular weight excluding hydrogens is 343 g/mol. The minimum Gasteiger partial charge on any atom is -0.327 e. The number of alkyl halides is 3. The van der Waals surface area contributed by atoms with Crippen molar-refractivity contribution in [3.05, 3.63) is 35.9 Å². The summed E-state index contributed by atoms with van der Waals surface area (Å²) in [6.07, 6.45) is 0. The van der Waals surface area contributed by atoms with Crippen LogP contribution in [-0.2, 0) is 9.47 Å². The third kappa shape index (κ3) is 3.78. The van der Waals surface area contributed by atoms with Crippen LogP contribution in [0.5, 0.6) is 0 Å². The maximum absolute atomic E-state index is 11.9. The number of nitrogens with one attached hydrogen (secondary N) is 2. The second-order valence-corrected chi connectivity index (χ2v) is 6.37. The van der Waals surface area contributed by atoms with Crippen molar-refractivity contribution in [3.8, 4) is 0 Å². The summed E-state index contributed by atoms with van der Waals surface area (Å²) in [5.41, 5.74) is 0.309. The minimum absolute atomic E-state index is 0.140. The summed E-state index contributed by atoms with van der Waals surface area (Å²) in [4.78, 5) is 23.7. The number of hydrogen-bond acceptors (Lipinski definition) is 4. The van der Waals surface area contributed by atoms with E-state index >= 15 is 0 Å². The van der Waals surface area contributed by atoms with Gasteiger partial charge in [0.1, 0.15) is 0 Å². The van der Waals surface area contributed by atoms with Crippen LogP contribution in [0.25, 0.3) is 0 Å². The average Bonchev–Trinajstić information content (AvgIpc) is 2.89. The Morgan fingerprint density at radius 2 is 1.67 bits per heavy atom. The van der Waals surface area contributed by atoms with Gasteiger partial charge in [0.25, 0.3) is 9.70 Å². The van der Waals surface area contributed by atoms with Crippen molar-refractivity contribution in [1.29, 1.82) is 0 Å². The van der Waals surface area contributed by atoms with E-state index in [4.69, 9.17) is 44.3 Å². The fourth-order valence-corrected chi connectivity index (χ4v) is 2.13. The highest BCUT2D eigenvalue weighted by Gasteiger charge is 2.55. The fraction of sp³-hybridized carbons (Fsp3) is 0.333. The maximum Gasteiger partial charge on any atom is 0.325 e. The van der Waals surface area contributed by atoms with Gasteiger partial charge in [-0.1, -0.05) is 53.0 Å². The lowest BCUT2D eigenvalue weighted by Crippen LogP contribution is -2.61. The van der Waals surface area contributed by atoms with Gasteiger partial charge in [-0.15, -0.1) is 0 Å². The summed E-state index contributed by atoms with van der Waals surface area (Å²) in [6, 6.07) is 7.27. The molecule has 1 heterocycles.